The second-order valence-electron chi connectivity index (χ2n) is 5.37. The molecule has 1 aromatic heterocycles. The van der Waals surface area contributed by atoms with Gasteiger partial charge in [-0.05, 0) is 13.3 Å². The maximum atomic E-state index is 13.8. The summed E-state index contributed by atoms with van der Waals surface area (Å²) >= 11 is 6.03. The smallest absolute Gasteiger partial charge is 0.167 e. The van der Waals surface area contributed by atoms with Gasteiger partial charge in [-0.25, -0.2) is 9.37 Å². The van der Waals surface area contributed by atoms with E-state index in [1.807, 2.05) is 0 Å². The summed E-state index contributed by atoms with van der Waals surface area (Å²) in [5.41, 5.74) is 1.46. The average Bonchev–Trinajstić information content (AvgIpc) is 3.12. The fourth-order valence-corrected chi connectivity index (χ4v) is 3.18. The van der Waals surface area contributed by atoms with Crippen LogP contribution < -0.4 is 4.74 Å². The van der Waals surface area contributed by atoms with Gasteiger partial charge in [0.2, 0.25) is 0 Å². The molecule has 3 rings (SSSR count). The number of benzene rings is 1. The van der Waals surface area contributed by atoms with Gasteiger partial charge in [-0.1, -0.05) is 0 Å². The van der Waals surface area contributed by atoms with E-state index in [2.05, 4.69) is 16.5 Å². The van der Waals surface area contributed by atoms with Crippen LogP contribution in [0.5, 0.6) is 5.75 Å². The molecular formula is C15H18ClFN2O2. The minimum atomic E-state index is -0.410. The lowest BCUT2D eigenvalue weighted by molar-refractivity contribution is 0.175. The first-order valence-corrected chi connectivity index (χ1v) is 7.57. The number of halogens is 2. The lowest BCUT2D eigenvalue weighted by Crippen LogP contribution is -2.18. The molecule has 0 aliphatic carbocycles. The van der Waals surface area contributed by atoms with Crippen LogP contribution in [-0.2, 0) is 10.6 Å². The SMILES string of the molecule is COc1cc2c(cc1F)nc(CCl)n2C(C)C1CCOC1. The van der Waals surface area contributed by atoms with Crippen LogP contribution in [-0.4, -0.2) is 29.9 Å². The summed E-state index contributed by atoms with van der Waals surface area (Å²) < 4.78 is 26.5. The molecule has 1 aromatic carbocycles. The van der Waals surface area contributed by atoms with Gasteiger partial charge in [-0.3, -0.25) is 0 Å². The van der Waals surface area contributed by atoms with Crippen LogP contribution in [0.4, 0.5) is 4.39 Å². The third kappa shape index (κ3) is 2.49. The molecule has 1 fully saturated rings. The first-order valence-electron chi connectivity index (χ1n) is 7.03. The molecule has 1 aliphatic heterocycles. The average molecular weight is 313 g/mol. The van der Waals surface area contributed by atoms with Crippen molar-refractivity contribution in [1.29, 1.82) is 0 Å². The molecule has 1 saturated heterocycles. The second kappa shape index (κ2) is 5.81. The van der Waals surface area contributed by atoms with E-state index in [9.17, 15) is 4.39 Å². The van der Waals surface area contributed by atoms with Crippen molar-refractivity contribution in [2.24, 2.45) is 5.92 Å². The number of fused-ring (bicyclic) bond motifs is 1. The number of imidazole rings is 1. The van der Waals surface area contributed by atoms with Crippen molar-refractivity contribution in [3.8, 4) is 5.75 Å². The molecule has 4 nitrogen and oxygen atoms in total. The number of methoxy groups -OCH3 is 1. The number of rotatable bonds is 4. The maximum absolute atomic E-state index is 13.8. The van der Waals surface area contributed by atoms with Crippen LogP contribution in [0.25, 0.3) is 11.0 Å². The summed E-state index contributed by atoms with van der Waals surface area (Å²) in [4.78, 5) is 4.45. The van der Waals surface area contributed by atoms with Gasteiger partial charge in [0.15, 0.2) is 11.6 Å². The van der Waals surface area contributed by atoms with Crippen LogP contribution in [0.3, 0.4) is 0 Å². The van der Waals surface area contributed by atoms with E-state index in [1.165, 1.54) is 13.2 Å². The number of hydrogen-bond donors (Lipinski definition) is 0. The Bertz CT molecular complexity index is 653. The Morgan fingerprint density at radius 2 is 2.38 bits per heavy atom. The Kier molecular flexibility index (Phi) is 4.04. The molecule has 2 heterocycles. The maximum Gasteiger partial charge on any atom is 0.167 e. The number of ether oxygens (including phenoxy) is 2. The number of alkyl halides is 1. The largest absolute Gasteiger partial charge is 0.494 e. The van der Waals surface area contributed by atoms with E-state index in [1.54, 1.807) is 6.07 Å². The Morgan fingerprint density at radius 1 is 1.57 bits per heavy atom. The summed E-state index contributed by atoms with van der Waals surface area (Å²) in [6.07, 6.45) is 1.01. The predicted molar refractivity (Wildman–Crippen MR) is 79.4 cm³/mol. The van der Waals surface area contributed by atoms with Gasteiger partial charge in [-0.2, -0.15) is 0 Å². The molecule has 21 heavy (non-hydrogen) atoms. The topological polar surface area (TPSA) is 36.3 Å². The zero-order chi connectivity index (χ0) is 15.0. The quantitative estimate of drug-likeness (QED) is 0.810. The van der Waals surface area contributed by atoms with E-state index >= 15 is 0 Å². The molecule has 0 spiro atoms. The lowest BCUT2D eigenvalue weighted by atomic mass is 10.00. The summed E-state index contributed by atoms with van der Waals surface area (Å²) in [5, 5.41) is 0. The number of nitrogens with zero attached hydrogens (tertiary/aromatic N) is 2. The Morgan fingerprint density at radius 3 is 3.00 bits per heavy atom. The van der Waals surface area contributed by atoms with Crippen LogP contribution >= 0.6 is 11.6 Å². The predicted octanol–water partition coefficient (Wildman–Crippen LogP) is 3.52. The van der Waals surface area contributed by atoms with E-state index in [4.69, 9.17) is 21.1 Å². The minimum absolute atomic E-state index is 0.196. The molecule has 2 aromatic rings. The van der Waals surface area contributed by atoms with E-state index in [-0.39, 0.29) is 17.7 Å². The van der Waals surface area contributed by atoms with Gasteiger partial charge in [-0.15, -0.1) is 11.6 Å². The number of hydrogen-bond acceptors (Lipinski definition) is 3. The summed E-state index contributed by atoms with van der Waals surface area (Å²) in [6, 6.07) is 3.29. The Hall–Kier alpha value is -1.33. The first kappa shape index (κ1) is 14.6. The molecule has 6 heteroatoms. The fourth-order valence-electron chi connectivity index (χ4n) is 3.00. The Balaban J connectivity index is 2.14. The monoisotopic (exact) mass is 312 g/mol. The first-order chi connectivity index (χ1) is 10.2. The van der Waals surface area contributed by atoms with Gasteiger partial charge in [0.1, 0.15) is 5.82 Å². The van der Waals surface area contributed by atoms with Crippen LogP contribution in [0.15, 0.2) is 12.1 Å². The molecule has 2 atom stereocenters. The van der Waals surface area contributed by atoms with Crippen molar-refractivity contribution < 1.29 is 13.9 Å². The lowest BCUT2D eigenvalue weighted by Gasteiger charge is -2.22. The zero-order valence-electron chi connectivity index (χ0n) is 12.1. The zero-order valence-corrected chi connectivity index (χ0v) is 12.9. The minimum Gasteiger partial charge on any atom is -0.494 e. The van der Waals surface area contributed by atoms with Crippen molar-refractivity contribution in [2.45, 2.75) is 25.3 Å². The molecule has 0 bridgehead atoms. The van der Waals surface area contributed by atoms with Gasteiger partial charge in [0, 0.05) is 30.7 Å². The van der Waals surface area contributed by atoms with E-state index < -0.39 is 5.82 Å². The van der Waals surface area contributed by atoms with Crippen molar-refractivity contribution in [2.75, 3.05) is 20.3 Å². The van der Waals surface area contributed by atoms with Crippen molar-refractivity contribution in [3.63, 3.8) is 0 Å². The Labute approximate surface area is 127 Å². The highest BCUT2D eigenvalue weighted by atomic mass is 35.5. The second-order valence-corrected chi connectivity index (χ2v) is 5.64. The van der Waals surface area contributed by atoms with Crippen LogP contribution in [0.1, 0.15) is 25.2 Å². The van der Waals surface area contributed by atoms with Crippen molar-refractivity contribution in [1.82, 2.24) is 9.55 Å². The summed E-state index contributed by atoms with van der Waals surface area (Å²) in [7, 11) is 1.46. The third-order valence-corrected chi connectivity index (χ3v) is 4.45. The van der Waals surface area contributed by atoms with Crippen LogP contribution in [0, 0.1) is 11.7 Å². The van der Waals surface area contributed by atoms with Gasteiger partial charge >= 0.3 is 0 Å². The third-order valence-electron chi connectivity index (χ3n) is 4.21. The molecule has 0 N–H and O–H groups in total. The van der Waals surface area contributed by atoms with Crippen molar-refractivity contribution in [3.05, 3.63) is 23.8 Å². The summed E-state index contributed by atoms with van der Waals surface area (Å²) in [6.45, 7) is 3.66. The highest BCUT2D eigenvalue weighted by Gasteiger charge is 2.27. The molecule has 114 valence electrons. The standard InChI is InChI=1S/C15H18ClFN2O2/c1-9(10-3-4-21-8-10)19-13-6-14(20-2)11(17)5-12(13)18-15(19)7-16/h5-6,9-10H,3-4,7-8H2,1-2H3. The molecule has 2 unspecified atom stereocenters. The molecular weight excluding hydrogens is 295 g/mol. The highest BCUT2D eigenvalue weighted by molar-refractivity contribution is 6.16. The molecule has 1 aliphatic rings. The fraction of sp³-hybridized carbons (Fsp3) is 0.533. The summed E-state index contributed by atoms with van der Waals surface area (Å²) in [5.74, 6) is 1.27. The van der Waals surface area contributed by atoms with E-state index in [0.29, 0.717) is 11.4 Å². The van der Waals surface area contributed by atoms with Gasteiger partial charge in [0.05, 0.1) is 30.6 Å². The van der Waals surface area contributed by atoms with Crippen molar-refractivity contribution >= 4 is 22.6 Å². The molecule has 0 saturated carbocycles. The number of aromatic nitrogens is 2. The van der Waals surface area contributed by atoms with Crippen LogP contribution in [0.2, 0.25) is 0 Å². The highest BCUT2D eigenvalue weighted by Crippen LogP contribution is 2.33. The molecule has 0 amide bonds. The van der Waals surface area contributed by atoms with Gasteiger partial charge in [0.25, 0.3) is 0 Å². The molecule has 0 radical (unpaired) electrons. The normalized spacial score (nSPS) is 20.1. The van der Waals surface area contributed by atoms with Gasteiger partial charge < -0.3 is 14.0 Å². The van der Waals surface area contributed by atoms with E-state index in [0.717, 1.165) is 31.0 Å².